The zero-order valence-electron chi connectivity index (χ0n) is 12.2. The molecule has 0 N–H and O–H groups in total. The largest absolute Gasteiger partial charge is 0.319 e. The Hall–Kier alpha value is -1.70. The lowest BCUT2D eigenvalue weighted by atomic mass is 10.2. The van der Waals surface area contributed by atoms with Gasteiger partial charge in [-0.15, -0.1) is 4.40 Å². The number of hydrogen-bond donors (Lipinski definition) is 0. The van der Waals surface area contributed by atoms with Crippen LogP contribution in [0, 0.1) is 12.7 Å². The van der Waals surface area contributed by atoms with Crippen molar-refractivity contribution in [2.24, 2.45) is 11.4 Å². The Morgan fingerprint density at radius 2 is 1.87 bits per heavy atom. The van der Waals surface area contributed by atoms with E-state index in [9.17, 15) is 12.8 Å². The second-order valence-electron chi connectivity index (χ2n) is 5.03. The molecular weight excluding hydrogens is 359 g/mol. The predicted octanol–water partition coefficient (Wildman–Crippen LogP) is 3.63. The molecule has 1 aromatic heterocycles. The van der Waals surface area contributed by atoms with E-state index >= 15 is 0 Å². The highest BCUT2D eigenvalue weighted by atomic mass is 35.5. The summed E-state index contributed by atoms with van der Waals surface area (Å²) in [6, 6.07) is 8.18. The van der Waals surface area contributed by atoms with Crippen LogP contribution < -0.4 is 4.80 Å². The summed E-state index contributed by atoms with van der Waals surface area (Å²) in [4.78, 5) is 0.279. The maximum atomic E-state index is 12.9. The average molecular weight is 371 g/mol. The maximum Gasteiger partial charge on any atom is 0.285 e. The summed E-state index contributed by atoms with van der Waals surface area (Å²) >= 11 is 7.28. The number of halogens is 2. The molecule has 0 bridgehead atoms. The molecule has 0 amide bonds. The molecule has 2 aromatic carbocycles. The molecule has 120 valence electrons. The zero-order chi connectivity index (χ0) is 16.8. The zero-order valence-corrected chi connectivity index (χ0v) is 14.6. The van der Waals surface area contributed by atoms with E-state index in [-0.39, 0.29) is 4.90 Å². The Morgan fingerprint density at radius 3 is 2.52 bits per heavy atom. The summed E-state index contributed by atoms with van der Waals surface area (Å²) in [7, 11) is -2.16. The smallest absolute Gasteiger partial charge is 0.285 e. The Labute approximate surface area is 141 Å². The van der Waals surface area contributed by atoms with Crippen LogP contribution in [-0.2, 0) is 17.1 Å². The number of fused-ring (bicyclic) bond motifs is 1. The second kappa shape index (κ2) is 5.74. The molecule has 0 unspecified atom stereocenters. The number of hydrogen-bond acceptors (Lipinski definition) is 3. The minimum absolute atomic E-state index is 0.0499. The van der Waals surface area contributed by atoms with E-state index in [0.29, 0.717) is 9.82 Å². The summed E-state index contributed by atoms with van der Waals surface area (Å²) < 4.78 is 44.1. The number of rotatable bonds is 2. The first-order chi connectivity index (χ1) is 10.8. The predicted molar refractivity (Wildman–Crippen MR) is 89.7 cm³/mol. The van der Waals surface area contributed by atoms with Crippen molar-refractivity contribution in [1.82, 2.24) is 4.57 Å². The summed E-state index contributed by atoms with van der Waals surface area (Å²) in [6.45, 7) is 1.90. The molecule has 0 radical (unpaired) electrons. The van der Waals surface area contributed by atoms with Crippen molar-refractivity contribution >= 4 is 43.2 Å². The van der Waals surface area contributed by atoms with E-state index in [1.165, 1.54) is 23.5 Å². The van der Waals surface area contributed by atoms with Crippen molar-refractivity contribution in [3.8, 4) is 0 Å². The quantitative estimate of drug-likeness (QED) is 0.691. The third kappa shape index (κ3) is 3.04. The van der Waals surface area contributed by atoms with Crippen molar-refractivity contribution in [2.45, 2.75) is 11.8 Å². The number of aromatic nitrogens is 1. The van der Waals surface area contributed by atoms with Gasteiger partial charge >= 0.3 is 0 Å². The summed E-state index contributed by atoms with van der Waals surface area (Å²) in [6.07, 6.45) is 0. The van der Waals surface area contributed by atoms with Crippen LogP contribution in [0.1, 0.15) is 5.56 Å². The molecule has 0 aliphatic heterocycles. The molecule has 3 aromatic rings. The van der Waals surface area contributed by atoms with E-state index in [1.54, 1.807) is 17.7 Å². The minimum Gasteiger partial charge on any atom is -0.319 e. The second-order valence-corrected chi connectivity index (χ2v) is 8.08. The van der Waals surface area contributed by atoms with Crippen LogP contribution in [0.3, 0.4) is 0 Å². The Morgan fingerprint density at radius 1 is 1.22 bits per heavy atom. The molecule has 0 saturated heterocycles. The number of thiazole rings is 1. The minimum atomic E-state index is -3.91. The van der Waals surface area contributed by atoms with Crippen molar-refractivity contribution in [3.63, 3.8) is 0 Å². The van der Waals surface area contributed by atoms with Gasteiger partial charge < -0.3 is 4.57 Å². The molecule has 0 aliphatic rings. The monoisotopic (exact) mass is 370 g/mol. The van der Waals surface area contributed by atoms with Crippen LogP contribution in [-0.4, -0.2) is 13.0 Å². The standard InChI is InChI=1S/C15H12ClFN2O2S2/c1-9-7-10(16)8-13-14(9)19(2)15(22-13)18-23(20,21)12-5-3-11(17)4-6-12/h3-8H,1-2H3. The average Bonchev–Trinajstić information content (AvgIpc) is 2.75. The molecule has 0 spiro atoms. The van der Waals surface area contributed by atoms with Gasteiger partial charge in [0.1, 0.15) is 5.82 Å². The molecule has 0 fully saturated rings. The van der Waals surface area contributed by atoms with Crippen LogP contribution >= 0.6 is 22.9 Å². The SMILES string of the molecule is Cc1cc(Cl)cc2sc(=NS(=O)(=O)c3ccc(F)cc3)n(C)c12. The highest BCUT2D eigenvalue weighted by molar-refractivity contribution is 7.90. The Kier molecular flexibility index (Phi) is 4.03. The summed E-state index contributed by atoms with van der Waals surface area (Å²) in [5.41, 5.74) is 1.82. The Bertz CT molecular complexity index is 1070. The number of benzene rings is 2. The van der Waals surface area contributed by atoms with Crippen molar-refractivity contribution in [1.29, 1.82) is 0 Å². The fourth-order valence-corrected chi connectivity index (χ4v) is 5.02. The lowest BCUT2D eigenvalue weighted by Crippen LogP contribution is -2.14. The number of aryl methyl sites for hydroxylation is 2. The molecule has 8 heteroatoms. The van der Waals surface area contributed by atoms with Gasteiger partial charge in [0, 0.05) is 12.1 Å². The molecule has 23 heavy (non-hydrogen) atoms. The molecule has 0 atom stereocenters. The van der Waals surface area contributed by atoms with Crippen LogP contribution in [0.2, 0.25) is 5.02 Å². The third-order valence-corrected chi connectivity index (χ3v) is 6.06. The number of nitrogens with zero attached hydrogens (tertiary/aromatic N) is 2. The van der Waals surface area contributed by atoms with Gasteiger partial charge in [-0.3, -0.25) is 0 Å². The summed E-state index contributed by atoms with van der Waals surface area (Å²) in [5, 5.41) is 0.588. The van der Waals surface area contributed by atoms with Gasteiger partial charge in [-0.25, -0.2) is 4.39 Å². The van der Waals surface area contributed by atoms with Crippen molar-refractivity contribution < 1.29 is 12.8 Å². The van der Waals surface area contributed by atoms with Gasteiger partial charge in [0.2, 0.25) is 4.80 Å². The Balaban J connectivity index is 2.23. The first-order valence-corrected chi connectivity index (χ1v) is 9.23. The van der Waals surface area contributed by atoms with Crippen molar-refractivity contribution in [3.05, 3.63) is 57.6 Å². The van der Waals surface area contributed by atoms with Crippen LogP contribution in [0.4, 0.5) is 4.39 Å². The highest BCUT2D eigenvalue weighted by Crippen LogP contribution is 2.25. The first-order valence-electron chi connectivity index (χ1n) is 6.60. The van der Waals surface area contributed by atoms with Gasteiger partial charge in [0.25, 0.3) is 10.0 Å². The highest BCUT2D eigenvalue weighted by Gasteiger charge is 2.15. The van der Waals surface area contributed by atoms with Gasteiger partial charge in [0.05, 0.1) is 15.1 Å². The van der Waals surface area contributed by atoms with Crippen LogP contribution in [0.5, 0.6) is 0 Å². The fourth-order valence-electron chi connectivity index (χ4n) is 2.32. The van der Waals surface area contributed by atoms with Gasteiger partial charge in [-0.05, 0) is 48.9 Å². The van der Waals surface area contributed by atoms with Crippen LogP contribution in [0.25, 0.3) is 10.2 Å². The van der Waals surface area contributed by atoms with E-state index in [2.05, 4.69) is 4.40 Å². The van der Waals surface area contributed by atoms with Gasteiger partial charge in [-0.2, -0.15) is 8.42 Å². The molecular formula is C15H12ClFN2O2S2. The van der Waals surface area contributed by atoms with Gasteiger partial charge in [-0.1, -0.05) is 22.9 Å². The first kappa shape index (κ1) is 16.2. The van der Waals surface area contributed by atoms with Crippen molar-refractivity contribution in [2.75, 3.05) is 0 Å². The molecule has 3 rings (SSSR count). The maximum absolute atomic E-state index is 12.9. The lowest BCUT2D eigenvalue weighted by Gasteiger charge is -2.01. The number of sulfonamides is 1. The van der Waals surface area contributed by atoms with E-state index < -0.39 is 15.8 Å². The molecule has 0 aliphatic carbocycles. The van der Waals surface area contributed by atoms with Gasteiger partial charge in [0.15, 0.2) is 0 Å². The fraction of sp³-hybridized carbons (Fsp3) is 0.133. The topological polar surface area (TPSA) is 51.4 Å². The van der Waals surface area contributed by atoms with E-state index in [0.717, 1.165) is 27.9 Å². The molecule has 4 nitrogen and oxygen atoms in total. The summed E-state index contributed by atoms with van der Waals surface area (Å²) in [5.74, 6) is -0.498. The van der Waals surface area contributed by atoms with E-state index in [1.807, 2.05) is 13.0 Å². The third-order valence-electron chi connectivity index (χ3n) is 3.36. The molecule has 1 heterocycles. The normalized spacial score (nSPS) is 13.0. The van der Waals surface area contributed by atoms with E-state index in [4.69, 9.17) is 11.6 Å². The molecule has 0 saturated carbocycles. The van der Waals surface area contributed by atoms with Crippen LogP contribution in [0.15, 0.2) is 45.7 Å². The lowest BCUT2D eigenvalue weighted by molar-refractivity contribution is 0.595.